The Bertz CT molecular complexity index is 2080. The highest BCUT2D eigenvalue weighted by Crippen LogP contribution is 2.45. The Morgan fingerprint density at radius 1 is 0.457 bits per heavy atom. The first-order valence-corrected chi connectivity index (χ1v) is 17.1. The van der Waals surface area contributed by atoms with E-state index in [0.29, 0.717) is 71.3 Å². The number of fused-ring (bicyclic) bond motifs is 4. The summed E-state index contributed by atoms with van der Waals surface area (Å²) in [5.41, 5.74) is 4.47. The number of nitrogens with zero attached hydrogens (tertiary/aromatic N) is 6. The first kappa shape index (κ1) is 29.7. The fraction of sp³-hybridized carbons (Fsp3) is 0.125. The Morgan fingerprint density at radius 3 is 1.00 bits per heavy atom. The van der Waals surface area contributed by atoms with Crippen LogP contribution in [0.25, 0.3) is 22.1 Å². The third-order valence-electron chi connectivity index (χ3n) is 7.78. The minimum absolute atomic E-state index is 0.178. The standard InChI is InChI=1S/C32H26N6O6S2/c39-45(40,41)23-13-9-21(10-14-23)17-19-37-29-30(34-26-6-2-1-5-25(26)33-29)38(20-18-22-11-15-24(16-12-22)46(42,43)44)32-31(37)35-27-7-3-4-8-28(27)36-32/h1-16H,17-20H2,(H,39,40,41)(H,42,43,44). The van der Waals surface area contributed by atoms with Crippen molar-refractivity contribution in [3.05, 3.63) is 108 Å². The van der Waals surface area contributed by atoms with E-state index in [1.165, 1.54) is 24.3 Å². The van der Waals surface area contributed by atoms with Crippen molar-refractivity contribution in [2.75, 3.05) is 22.9 Å². The first-order chi connectivity index (χ1) is 22.0. The van der Waals surface area contributed by atoms with Crippen molar-refractivity contribution in [1.29, 1.82) is 0 Å². The maximum Gasteiger partial charge on any atom is 0.294 e. The van der Waals surface area contributed by atoms with Crippen LogP contribution in [0.5, 0.6) is 0 Å². The van der Waals surface area contributed by atoms with E-state index in [0.717, 1.165) is 11.1 Å². The van der Waals surface area contributed by atoms with Crippen molar-refractivity contribution < 1.29 is 25.9 Å². The highest BCUT2D eigenvalue weighted by atomic mass is 32.2. The van der Waals surface area contributed by atoms with Gasteiger partial charge in [-0.25, -0.2) is 19.9 Å². The van der Waals surface area contributed by atoms with Crippen LogP contribution in [0.1, 0.15) is 11.1 Å². The van der Waals surface area contributed by atoms with Gasteiger partial charge in [-0.15, -0.1) is 0 Å². The van der Waals surface area contributed by atoms with Crippen LogP contribution in [0, 0.1) is 0 Å². The van der Waals surface area contributed by atoms with E-state index >= 15 is 0 Å². The van der Waals surface area contributed by atoms with Crippen LogP contribution in [0.3, 0.4) is 0 Å². The molecular formula is C32H26N6O6S2. The summed E-state index contributed by atoms with van der Waals surface area (Å²) in [4.78, 5) is 23.7. The molecule has 46 heavy (non-hydrogen) atoms. The molecule has 1 aliphatic rings. The molecule has 0 aliphatic carbocycles. The van der Waals surface area contributed by atoms with Crippen molar-refractivity contribution in [3.63, 3.8) is 0 Å². The van der Waals surface area contributed by atoms with E-state index in [1.54, 1.807) is 24.3 Å². The molecule has 0 saturated heterocycles. The lowest BCUT2D eigenvalue weighted by molar-refractivity contribution is 0.481. The highest BCUT2D eigenvalue weighted by molar-refractivity contribution is 7.86. The van der Waals surface area contributed by atoms with E-state index in [2.05, 4.69) is 0 Å². The van der Waals surface area contributed by atoms with E-state index in [1.807, 2.05) is 58.3 Å². The molecule has 12 nitrogen and oxygen atoms in total. The predicted octanol–water partition coefficient (Wildman–Crippen LogP) is 5.14. The van der Waals surface area contributed by atoms with Crippen LogP contribution in [0.2, 0.25) is 0 Å². The molecule has 232 valence electrons. The fourth-order valence-electron chi connectivity index (χ4n) is 5.45. The molecule has 7 rings (SSSR count). The molecular weight excluding hydrogens is 629 g/mol. The minimum atomic E-state index is -4.31. The number of benzene rings is 4. The molecule has 6 aromatic rings. The summed E-state index contributed by atoms with van der Waals surface area (Å²) in [6, 6.07) is 27.2. The van der Waals surface area contributed by atoms with Crippen LogP contribution in [0.15, 0.2) is 107 Å². The second kappa shape index (κ2) is 11.4. The summed E-state index contributed by atoms with van der Waals surface area (Å²) >= 11 is 0. The van der Waals surface area contributed by atoms with Gasteiger partial charge in [0.1, 0.15) is 0 Å². The summed E-state index contributed by atoms with van der Waals surface area (Å²) in [7, 11) is -8.61. The predicted molar refractivity (Wildman–Crippen MR) is 173 cm³/mol. The van der Waals surface area contributed by atoms with Gasteiger partial charge in [0.25, 0.3) is 20.2 Å². The Labute approximate surface area is 264 Å². The normalized spacial score (nSPS) is 13.2. The average Bonchev–Trinajstić information content (AvgIpc) is 3.04. The zero-order valence-electron chi connectivity index (χ0n) is 24.1. The van der Waals surface area contributed by atoms with Crippen LogP contribution in [-0.4, -0.2) is 59.0 Å². The van der Waals surface area contributed by atoms with E-state index < -0.39 is 20.2 Å². The van der Waals surface area contributed by atoms with Gasteiger partial charge in [0, 0.05) is 13.1 Å². The van der Waals surface area contributed by atoms with Gasteiger partial charge in [0.05, 0.1) is 31.9 Å². The van der Waals surface area contributed by atoms with Gasteiger partial charge in [-0.1, -0.05) is 48.5 Å². The van der Waals surface area contributed by atoms with Gasteiger partial charge < -0.3 is 9.80 Å². The molecule has 0 atom stereocenters. The van der Waals surface area contributed by atoms with Crippen LogP contribution < -0.4 is 9.80 Å². The zero-order valence-corrected chi connectivity index (χ0v) is 25.7. The Balaban J connectivity index is 1.32. The van der Waals surface area contributed by atoms with Gasteiger partial charge >= 0.3 is 0 Å². The molecule has 3 heterocycles. The minimum Gasteiger partial charge on any atom is -0.304 e. The first-order valence-electron chi connectivity index (χ1n) is 14.3. The van der Waals surface area contributed by atoms with Crippen molar-refractivity contribution >= 4 is 65.6 Å². The third kappa shape index (κ3) is 5.74. The average molecular weight is 655 g/mol. The number of para-hydroxylation sites is 4. The number of hydrogen-bond donors (Lipinski definition) is 2. The molecule has 2 aromatic heterocycles. The van der Waals surface area contributed by atoms with Gasteiger partial charge in [-0.05, 0) is 72.5 Å². The maximum absolute atomic E-state index is 11.5. The quantitative estimate of drug-likeness (QED) is 0.208. The van der Waals surface area contributed by atoms with Gasteiger partial charge in [0.15, 0.2) is 23.3 Å². The monoisotopic (exact) mass is 654 g/mol. The third-order valence-corrected chi connectivity index (χ3v) is 9.52. The van der Waals surface area contributed by atoms with Crippen LogP contribution >= 0.6 is 0 Å². The molecule has 0 radical (unpaired) electrons. The van der Waals surface area contributed by atoms with E-state index in [4.69, 9.17) is 19.9 Å². The molecule has 0 spiro atoms. The summed E-state index contributed by atoms with van der Waals surface area (Å²) in [6.07, 6.45) is 0.988. The molecule has 0 bridgehead atoms. The Kier molecular flexibility index (Phi) is 7.36. The SMILES string of the molecule is O=S(=O)(O)c1ccc(CCN2c3nc4ccccc4nc3N(CCc3ccc(S(=O)(=O)O)cc3)c3nc4ccccc4nc32)cc1. The second-order valence-electron chi connectivity index (χ2n) is 10.8. The summed E-state index contributed by atoms with van der Waals surface area (Å²) in [5.74, 6) is 2.30. The van der Waals surface area contributed by atoms with Crippen molar-refractivity contribution in [2.45, 2.75) is 22.6 Å². The number of anilines is 4. The number of aromatic nitrogens is 4. The lowest BCUT2D eigenvalue weighted by atomic mass is 10.1. The molecule has 0 fully saturated rings. The smallest absolute Gasteiger partial charge is 0.294 e. The van der Waals surface area contributed by atoms with E-state index in [-0.39, 0.29) is 9.79 Å². The van der Waals surface area contributed by atoms with Crippen molar-refractivity contribution in [3.8, 4) is 0 Å². The fourth-order valence-corrected chi connectivity index (χ4v) is 6.41. The molecule has 1 aliphatic heterocycles. The topological polar surface area (TPSA) is 167 Å². The van der Waals surface area contributed by atoms with Gasteiger partial charge in [0.2, 0.25) is 0 Å². The highest BCUT2D eigenvalue weighted by Gasteiger charge is 2.34. The summed E-state index contributed by atoms with van der Waals surface area (Å²) < 4.78 is 65.0. The number of hydrogen-bond acceptors (Lipinski definition) is 10. The van der Waals surface area contributed by atoms with Crippen molar-refractivity contribution in [2.24, 2.45) is 0 Å². The molecule has 0 unspecified atom stereocenters. The largest absolute Gasteiger partial charge is 0.304 e. The summed E-state index contributed by atoms with van der Waals surface area (Å²) in [5, 5.41) is 0. The summed E-state index contributed by atoms with van der Waals surface area (Å²) in [6.45, 7) is 0.826. The van der Waals surface area contributed by atoms with E-state index in [9.17, 15) is 25.9 Å². The lowest BCUT2D eigenvalue weighted by Gasteiger charge is -2.37. The second-order valence-corrected chi connectivity index (χ2v) is 13.6. The lowest BCUT2D eigenvalue weighted by Crippen LogP contribution is -2.35. The van der Waals surface area contributed by atoms with Crippen LogP contribution in [0.4, 0.5) is 23.3 Å². The molecule has 0 saturated carbocycles. The van der Waals surface area contributed by atoms with Crippen molar-refractivity contribution in [1.82, 2.24) is 19.9 Å². The number of rotatable bonds is 8. The van der Waals surface area contributed by atoms with Gasteiger partial charge in [-0.2, -0.15) is 16.8 Å². The zero-order chi connectivity index (χ0) is 32.1. The molecule has 2 N–H and O–H groups in total. The molecule has 0 amide bonds. The molecule has 4 aromatic carbocycles. The molecule has 14 heteroatoms. The Hall–Kier alpha value is -5.02. The van der Waals surface area contributed by atoms with Gasteiger partial charge in [-0.3, -0.25) is 9.11 Å². The van der Waals surface area contributed by atoms with Crippen LogP contribution in [-0.2, 0) is 33.1 Å². The Morgan fingerprint density at radius 2 is 0.739 bits per heavy atom. The maximum atomic E-state index is 11.5.